The molecular weight excluding hydrogens is 896 g/mol. The fraction of sp³-hybridized carbons (Fsp3) is 0.538. The predicted octanol–water partition coefficient (Wildman–Crippen LogP) is 8.33. The first-order valence-corrected chi connectivity index (χ1v) is 25.4. The fourth-order valence-corrected chi connectivity index (χ4v) is 13.4. The van der Waals surface area contributed by atoms with E-state index in [0.29, 0.717) is 58.2 Å². The number of benzene rings is 2. The summed E-state index contributed by atoms with van der Waals surface area (Å²) in [7, 11) is 1.80. The molecule has 1 saturated carbocycles. The highest BCUT2D eigenvalue weighted by Gasteiger charge is 2.54. The standard InChI is InChI=1S/C52H60ClF2N13O/c1-34(69)64-18-11-45-43(30-64)50(67-15-3-4-35-22-41(37-28-57-61(2)29-37)42(49(54)55)24-46(35)67)60-68(45)38-9-16-62(17-10-38)40-25-52(26-40)32-66(33-52)48-8-7-47(58-59-48)63-19-12-51(13-20-63)14-21-65(31-51)39-6-5-36(27-56)44(53)23-39/h5-8,22-24,28-29,38,40,49H,3-4,9-21,25-26,30-33H2,1-2H3. The topological polar surface area (TPSA) is 122 Å². The molecule has 0 unspecified atom stereocenters. The molecule has 4 saturated heterocycles. The fourth-order valence-electron chi connectivity index (χ4n) is 13.2. The van der Waals surface area contributed by atoms with E-state index in [-0.39, 0.29) is 17.5 Å². The van der Waals surface area contributed by atoms with Gasteiger partial charge in [-0.25, -0.2) is 8.78 Å². The molecule has 5 aromatic rings. The number of aromatic nitrogens is 6. The number of alkyl halides is 2. The van der Waals surface area contributed by atoms with Crippen molar-refractivity contribution in [1.29, 1.82) is 5.26 Å². The van der Waals surface area contributed by atoms with Crippen LogP contribution < -0.4 is 19.6 Å². The minimum Gasteiger partial charge on any atom is -0.371 e. The summed E-state index contributed by atoms with van der Waals surface area (Å²) >= 11 is 6.37. The van der Waals surface area contributed by atoms with Crippen molar-refractivity contribution in [2.45, 2.75) is 96.2 Å². The maximum absolute atomic E-state index is 14.8. The number of hydrogen-bond donors (Lipinski definition) is 0. The smallest absolute Gasteiger partial charge is 0.264 e. The highest BCUT2D eigenvalue weighted by molar-refractivity contribution is 6.32. The lowest BCUT2D eigenvalue weighted by molar-refractivity contribution is -0.129. The van der Waals surface area contributed by atoms with Crippen molar-refractivity contribution in [1.82, 2.24) is 39.6 Å². The summed E-state index contributed by atoms with van der Waals surface area (Å²) < 4.78 is 33.5. The molecule has 14 nitrogen and oxygen atoms in total. The second-order valence-corrected chi connectivity index (χ2v) is 21.7. The molecule has 1 aliphatic carbocycles. The van der Waals surface area contributed by atoms with E-state index in [1.165, 1.54) is 18.5 Å². The van der Waals surface area contributed by atoms with E-state index in [2.05, 4.69) is 52.5 Å². The molecule has 69 heavy (non-hydrogen) atoms. The third-order valence-corrected chi connectivity index (χ3v) is 17.4. The second kappa shape index (κ2) is 17.3. The van der Waals surface area contributed by atoms with Gasteiger partial charge in [0.1, 0.15) is 6.07 Å². The molecule has 0 N–H and O–H groups in total. The van der Waals surface area contributed by atoms with Crippen molar-refractivity contribution in [2.75, 3.05) is 85.0 Å². The Morgan fingerprint density at radius 3 is 2.25 bits per heavy atom. The van der Waals surface area contributed by atoms with Crippen LogP contribution in [-0.4, -0.2) is 117 Å². The molecule has 2 spiro atoms. The van der Waals surface area contributed by atoms with Gasteiger partial charge in [-0.3, -0.25) is 14.2 Å². The van der Waals surface area contributed by atoms with Crippen LogP contribution in [0.5, 0.6) is 0 Å². The predicted molar refractivity (Wildman–Crippen MR) is 262 cm³/mol. The highest BCUT2D eigenvalue weighted by Crippen LogP contribution is 2.52. The first kappa shape index (κ1) is 44.4. The summed E-state index contributed by atoms with van der Waals surface area (Å²) in [6, 6.07) is 16.7. The summed E-state index contributed by atoms with van der Waals surface area (Å²) in [5.74, 6) is 2.79. The van der Waals surface area contributed by atoms with Crippen LogP contribution in [0, 0.1) is 22.2 Å². The van der Waals surface area contributed by atoms with Crippen LogP contribution in [0.3, 0.4) is 0 Å². The molecule has 360 valence electrons. The molecule has 0 bridgehead atoms. The number of carbonyl (C=O) groups excluding carboxylic acids is 1. The molecule has 1 amide bonds. The molecule has 3 aromatic heterocycles. The molecule has 9 heterocycles. The maximum atomic E-state index is 14.8. The lowest BCUT2D eigenvalue weighted by atomic mass is 9.60. The van der Waals surface area contributed by atoms with E-state index in [9.17, 15) is 18.8 Å². The van der Waals surface area contributed by atoms with Crippen molar-refractivity contribution in [3.05, 3.63) is 87.8 Å². The molecule has 17 heteroatoms. The number of piperidine rings is 2. The van der Waals surface area contributed by atoms with Gasteiger partial charge < -0.3 is 29.4 Å². The zero-order valence-corrected chi connectivity index (χ0v) is 40.4. The van der Waals surface area contributed by atoms with Crippen LogP contribution in [0.15, 0.2) is 54.9 Å². The van der Waals surface area contributed by atoms with Gasteiger partial charge in [-0.15, -0.1) is 10.2 Å². The van der Waals surface area contributed by atoms with Crippen LogP contribution in [0.1, 0.15) is 98.7 Å². The minimum atomic E-state index is -2.64. The number of aryl methyl sites for hydroxylation is 2. The van der Waals surface area contributed by atoms with Crippen molar-refractivity contribution in [2.24, 2.45) is 17.9 Å². The van der Waals surface area contributed by atoms with Crippen LogP contribution in [0.2, 0.25) is 5.02 Å². The van der Waals surface area contributed by atoms with Gasteiger partial charge in [0.15, 0.2) is 17.5 Å². The van der Waals surface area contributed by atoms with Gasteiger partial charge in [0.25, 0.3) is 6.43 Å². The minimum absolute atomic E-state index is 0.00335. The van der Waals surface area contributed by atoms with E-state index < -0.39 is 6.43 Å². The normalized spacial score (nSPS) is 21.4. The Balaban J connectivity index is 0.658. The van der Waals surface area contributed by atoms with E-state index in [0.717, 1.165) is 144 Å². The Morgan fingerprint density at radius 1 is 0.855 bits per heavy atom. The zero-order chi connectivity index (χ0) is 47.2. The van der Waals surface area contributed by atoms with Gasteiger partial charge in [0.2, 0.25) is 5.91 Å². The van der Waals surface area contributed by atoms with Gasteiger partial charge in [0.05, 0.1) is 29.4 Å². The number of anilines is 5. The number of rotatable bonds is 8. The van der Waals surface area contributed by atoms with Crippen molar-refractivity contribution in [3.8, 4) is 17.2 Å². The zero-order valence-electron chi connectivity index (χ0n) is 39.6. The first-order valence-electron chi connectivity index (χ1n) is 25.0. The Kier molecular flexibility index (Phi) is 11.1. The number of halogens is 3. The first-order chi connectivity index (χ1) is 33.4. The average Bonchev–Trinajstić information content (AvgIpc) is 4.07. The molecule has 2 aromatic carbocycles. The van der Waals surface area contributed by atoms with Gasteiger partial charge in [0, 0.05) is 137 Å². The summed E-state index contributed by atoms with van der Waals surface area (Å²) in [6.45, 7) is 11.5. The van der Waals surface area contributed by atoms with Crippen LogP contribution in [0.25, 0.3) is 11.1 Å². The van der Waals surface area contributed by atoms with Crippen LogP contribution >= 0.6 is 11.6 Å². The maximum Gasteiger partial charge on any atom is 0.264 e. The number of amides is 1. The van der Waals surface area contributed by atoms with E-state index in [4.69, 9.17) is 26.9 Å². The highest BCUT2D eigenvalue weighted by atomic mass is 35.5. The number of fused-ring (bicyclic) bond motifs is 2. The molecule has 0 radical (unpaired) electrons. The quantitative estimate of drug-likeness (QED) is 0.149. The average molecular weight is 957 g/mol. The lowest BCUT2D eigenvalue weighted by Gasteiger charge is -2.61. The summed E-state index contributed by atoms with van der Waals surface area (Å²) in [5, 5.41) is 28.9. The summed E-state index contributed by atoms with van der Waals surface area (Å²) in [4.78, 5) is 26.7. The van der Waals surface area contributed by atoms with Gasteiger partial charge in [-0.1, -0.05) is 11.6 Å². The van der Waals surface area contributed by atoms with Crippen molar-refractivity contribution < 1.29 is 13.6 Å². The molecule has 6 aliphatic heterocycles. The van der Waals surface area contributed by atoms with Gasteiger partial charge >= 0.3 is 0 Å². The van der Waals surface area contributed by atoms with E-state index >= 15 is 0 Å². The van der Waals surface area contributed by atoms with E-state index in [1.807, 2.05) is 29.2 Å². The number of nitriles is 1. The summed E-state index contributed by atoms with van der Waals surface area (Å²) in [5.41, 5.74) is 7.57. The largest absolute Gasteiger partial charge is 0.371 e. The molecule has 0 atom stereocenters. The Labute approximate surface area is 407 Å². The third-order valence-electron chi connectivity index (χ3n) is 17.1. The summed E-state index contributed by atoms with van der Waals surface area (Å²) in [6.07, 6.45) is 11.1. The molecule has 7 aliphatic rings. The van der Waals surface area contributed by atoms with Gasteiger partial charge in [-0.05, 0) is 117 Å². The van der Waals surface area contributed by atoms with Crippen molar-refractivity contribution in [3.63, 3.8) is 0 Å². The molecular formula is C52H60ClF2N13O. The number of carbonyl (C=O) groups is 1. The van der Waals surface area contributed by atoms with Crippen LogP contribution in [-0.2, 0) is 31.2 Å². The Bertz CT molecular complexity index is 2810. The Morgan fingerprint density at radius 2 is 1.58 bits per heavy atom. The second-order valence-electron chi connectivity index (χ2n) is 21.3. The van der Waals surface area contributed by atoms with Crippen molar-refractivity contribution >= 4 is 46.3 Å². The van der Waals surface area contributed by atoms with Gasteiger partial charge in [-0.2, -0.15) is 15.5 Å². The Hall–Kier alpha value is -5.79. The third kappa shape index (κ3) is 7.97. The number of hydrogen-bond acceptors (Lipinski definition) is 11. The molecule has 5 fully saturated rings. The lowest BCUT2D eigenvalue weighted by Crippen LogP contribution is -2.67. The number of nitrogens with zero attached hydrogens (tertiary/aromatic N) is 13. The SMILES string of the molecule is CC(=O)N1CCc2c(c(N3CCCc4cc(-c5cnn(C)c5)c(C(F)F)cc43)nn2C2CCN(C3CC4(C3)CN(c3ccc(N5CCC6(CCN(c7ccc(C#N)c(Cl)c7)C6)CC5)nn3)C4)CC2)C1. The van der Waals surface area contributed by atoms with Crippen LogP contribution in [0.4, 0.5) is 37.6 Å². The van der Waals surface area contributed by atoms with E-state index in [1.54, 1.807) is 37.1 Å². The molecule has 12 rings (SSSR count). The number of likely N-dealkylation sites (tertiary alicyclic amines) is 1. The monoisotopic (exact) mass is 955 g/mol.